The summed E-state index contributed by atoms with van der Waals surface area (Å²) in [5, 5.41) is 1.69. The molecule has 0 aromatic heterocycles. The molecule has 1 saturated carbocycles. The molecule has 1 aliphatic carbocycles. The van der Waals surface area contributed by atoms with Gasteiger partial charge in [0, 0.05) is 10.5 Å². The summed E-state index contributed by atoms with van der Waals surface area (Å²) in [5.74, 6) is 0.955. The maximum Gasteiger partial charge on any atom is 0.00522 e. The number of hydrogen-bond acceptors (Lipinski definition) is 2. The van der Waals surface area contributed by atoms with Crippen LogP contribution in [0.15, 0.2) is 0 Å². The minimum absolute atomic E-state index is 0.764. The minimum atomic E-state index is 0.764. The van der Waals surface area contributed by atoms with Crippen molar-refractivity contribution in [2.24, 2.45) is 11.7 Å². The molecule has 1 nitrogen and oxygen atoms in total. The van der Waals surface area contributed by atoms with E-state index in [-0.39, 0.29) is 0 Å². The van der Waals surface area contributed by atoms with Gasteiger partial charge in [-0.25, -0.2) is 0 Å². The lowest BCUT2D eigenvalue weighted by Gasteiger charge is -2.28. The van der Waals surface area contributed by atoms with Crippen LogP contribution >= 0.6 is 11.8 Å². The van der Waals surface area contributed by atoms with Crippen LogP contribution in [0.4, 0.5) is 0 Å². The SMILES string of the molecule is CC1CCCC(SC(C)CCN)C1. The predicted molar refractivity (Wildman–Crippen MR) is 62.1 cm³/mol. The van der Waals surface area contributed by atoms with Gasteiger partial charge in [-0.15, -0.1) is 0 Å². The highest BCUT2D eigenvalue weighted by Crippen LogP contribution is 2.34. The first-order valence-electron chi connectivity index (χ1n) is 5.58. The fourth-order valence-electron chi connectivity index (χ4n) is 2.13. The fourth-order valence-corrected chi connectivity index (χ4v) is 3.80. The monoisotopic (exact) mass is 201 g/mol. The van der Waals surface area contributed by atoms with Crippen molar-refractivity contribution in [2.75, 3.05) is 6.54 Å². The maximum absolute atomic E-state index is 5.55. The summed E-state index contributed by atoms with van der Waals surface area (Å²) in [4.78, 5) is 0. The second-order valence-corrected chi connectivity index (χ2v) is 6.16. The van der Waals surface area contributed by atoms with E-state index in [0.29, 0.717) is 0 Å². The zero-order valence-corrected chi connectivity index (χ0v) is 9.78. The summed E-state index contributed by atoms with van der Waals surface area (Å²) in [6, 6.07) is 0. The largest absolute Gasteiger partial charge is 0.330 e. The number of nitrogens with two attached hydrogens (primary N) is 1. The van der Waals surface area contributed by atoms with E-state index in [1.54, 1.807) is 0 Å². The Morgan fingerprint density at radius 1 is 1.46 bits per heavy atom. The third-order valence-electron chi connectivity index (χ3n) is 2.89. The van der Waals surface area contributed by atoms with E-state index >= 15 is 0 Å². The molecule has 0 spiro atoms. The van der Waals surface area contributed by atoms with Crippen molar-refractivity contribution in [3.05, 3.63) is 0 Å². The molecule has 2 N–H and O–H groups in total. The van der Waals surface area contributed by atoms with Crippen molar-refractivity contribution >= 4 is 11.8 Å². The molecule has 78 valence electrons. The van der Waals surface area contributed by atoms with Gasteiger partial charge in [-0.05, 0) is 31.7 Å². The Morgan fingerprint density at radius 3 is 2.85 bits per heavy atom. The molecule has 0 bridgehead atoms. The maximum atomic E-state index is 5.55. The molecular formula is C11H23NS. The molecule has 0 heterocycles. The van der Waals surface area contributed by atoms with Gasteiger partial charge in [-0.3, -0.25) is 0 Å². The summed E-state index contributed by atoms with van der Waals surface area (Å²) >= 11 is 2.17. The minimum Gasteiger partial charge on any atom is -0.330 e. The first-order chi connectivity index (χ1) is 6.22. The lowest BCUT2D eigenvalue weighted by molar-refractivity contribution is 0.393. The van der Waals surface area contributed by atoms with Gasteiger partial charge in [0.15, 0.2) is 0 Å². The second kappa shape index (κ2) is 5.92. The first-order valence-corrected chi connectivity index (χ1v) is 6.52. The molecular weight excluding hydrogens is 178 g/mol. The molecule has 1 aliphatic rings. The third-order valence-corrected chi connectivity index (χ3v) is 4.40. The lowest BCUT2D eigenvalue weighted by atomic mass is 9.91. The second-order valence-electron chi connectivity index (χ2n) is 4.42. The van der Waals surface area contributed by atoms with Crippen molar-refractivity contribution in [1.82, 2.24) is 0 Å². The summed E-state index contributed by atoms with van der Waals surface area (Å²) in [6.07, 6.45) is 6.93. The molecule has 13 heavy (non-hydrogen) atoms. The standard InChI is InChI=1S/C11H23NS/c1-9-4-3-5-11(8-9)13-10(2)6-7-12/h9-11H,3-8,12H2,1-2H3. The van der Waals surface area contributed by atoms with Crippen molar-refractivity contribution in [3.63, 3.8) is 0 Å². The molecule has 0 amide bonds. The summed E-state index contributed by atoms with van der Waals surface area (Å²) < 4.78 is 0. The number of rotatable bonds is 4. The highest BCUT2D eigenvalue weighted by atomic mass is 32.2. The molecule has 3 atom stereocenters. The van der Waals surface area contributed by atoms with E-state index in [1.165, 1.54) is 32.1 Å². The first kappa shape index (κ1) is 11.4. The zero-order valence-electron chi connectivity index (χ0n) is 8.96. The van der Waals surface area contributed by atoms with Crippen molar-refractivity contribution in [1.29, 1.82) is 0 Å². The Labute approximate surface area is 86.8 Å². The van der Waals surface area contributed by atoms with Crippen LogP contribution in [0.5, 0.6) is 0 Å². The third kappa shape index (κ3) is 4.37. The van der Waals surface area contributed by atoms with Crippen LogP contribution < -0.4 is 5.73 Å². The van der Waals surface area contributed by atoms with Crippen LogP contribution in [0.25, 0.3) is 0 Å². The highest BCUT2D eigenvalue weighted by molar-refractivity contribution is 8.00. The van der Waals surface area contributed by atoms with Crippen LogP contribution in [-0.2, 0) is 0 Å². The van der Waals surface area contributed by atoms with Gasteiger partial charge in [0.25, 0.3) is 0 Å². The van der Waals surface area contributed by atoms with Gasteiger partial charge in [0.1, 0.15) is 0 Å². The number of thioether (sulfide) groups is 1. The van der Waals surface area contributed by atoms with Gasteiger partial charge in [0.2, 0.25) is 0 Å². The molecule has 0 aromatic rings. The van der Waals surface area contributed by atoms with Crippen molar-refractivity contribution in [3.8, 4) is 0 Å². The van der Waals surface area contributed by atoms with Gasteiger partial charge in [-0.1, -0.05) is 26.7 Å². The quantitative estimate of drug-likeness (QED) is 0.756. The molecule has 0 aliphatic heterocycles. The number of hydrogen-bond donors (Lipinski definition) is 1. The van der Waals surface area contributed by atoms with Crippen LogP contribution in [-0.4, -0.2) is 17.0 Å². The van der Waals surface area contributed by atoms with E-state index in [4.69, 9.17) is 5.73 Å². The van der Waals surface area contributed by atoms with E-state index in [9.17, 15) is 0 Å². The van der Waals surface area contributed by atoms with Gasteiger partial charge in [-0.2, -0.15) is 11.8 Å². The van der Waals surface area contributed by atoms with E-state index in [2.05, 4.69) is 25.6 Å². The van der Waals surface area contributed by atoms with Crippen LogP contribution in [0.3, 0.4) is 0 Å². The van der Waals surface area contributed by atoms with Crippen molar-refractivity contribution < 1.29 is 0 Å². The zero-order chi connectivity index (χ0) is 9.68. The molecule has 0 radical (unpaired) electrons. The van der Waals surface area contributed by atoms with Crippen LogP contribution in [0.2, 0.25) is 0 Å². The highest BCUT2D eigenvalue weighted by Gasteiger charge is 2.20. The Morgan fingerprint density at radius 2 is 2.23 bits per heavy atom. The van der Waals surface area contributed by atoms with Crippen LogP contribution in [0.1, 0.15) is 46.0 Å². The molecule has 0 aromatic carbocycles. The van der Waals surface area contributed by atoms with Crippen molar-refractivity contribution in [2.45, 2.75) is 56.5 Å². The topological polar surface area (TPSA) is 26.0 Å². The van der Waals surface area contributed by atoms with E-state index < -0.39 is 0 Å². The Balaban J connectivity index is 2.19. The molecule has 1 rings (SSSR count). The average Bonchev–Trinajstić information content (AvgIpc) is 2.04. The lowest BCUT2D eigenvalue weighted by Crippen LogP contribution is -2.18. The Bertz CT molecular complexity index is 138. The summed E-state index contributed by atoms with van der Waals surface area (Å²) in [5.41, 5.74) is 5.55. The summed E-state index contributed by atoms with van der Waals surface area (Å²) in [7, 11) is 0. The Kier molecular flexibility index (Phi) is 5.18. The van der Waals surface area contributed by atoms with E-state index in [0.717, 1.165) is 23.0 Å². The molecule has 1 fully saturated rings. The molecule has 0 saturated heterocycles. The predicted octanol–water partition coefficient (Wildman–Crippen LogP) is 3.04. The fraction of sp³-hybridized carbons (Fsp3) is 1.00. The van der Waals surface area contributed by atoms with Gasteiger partial charge in [0.05, 0.1) is 0 Å². The summed E-state index contributed by atoms with van der Waals surface area (Å²) in [6.45, 7) is 5.55. The molecule has 3 unspecified atom stereocenters. The van der Waals surface area contributed by atoms with E-state index in [1.807, 2.05) is 0 Å². The molecule has 2 heteroatoms. The smallest absolute Gasteiger partial charge is 0.00522 e. The van der Waals surface area contributed by atoms with Gasteiger partial charge < -0.3 is 5.73 Å². The Hall–Kier alpha value is 0.310. The normalized spacial score (nSPS) is 31.6. The van der Waals surface area contributed by atoms with Crippen LogP contribution in [0, 0.1) is 5.92 Å². The average molecular weight is 201 g/mol. The van der Waals surface area contributed by atoms with Gasteiger partial charge >= 0.3 is 0 Å².